The van der Waals surface area contributed by atoms with E-state index < -0.39 is 11.9 Å². The minimum absolute atomic E-state index is 0.0193. The molecule has 1 heterocycles. The number of hydrogen-bond acceptors (Lipinski definition) is 4. The number of hydrogen-bond donors (Lipinski definition) is 1. The Labute approximate surface area is 129 Å². The summed E-state index contributed by atoms with van der Waals surface area (Å²) in [5.41, 5.74) is 1.16. The average Bonchev–Trinajstić information content (AvgIpc) is 2.92. The van der Waals surface area contributed by atoms with Gasteiger partial charge in [-0.15, -0.1) is 0 Å². The van der Waals surface area contributed by atoms with Crippen LogP contribution < -0.4 is 5.32 Å². The number of ether oxygens (including phenoxy) is 1. The molecule has 0 bridgehead atoms. The maximum Gasteiger partial charge on any atom is 0.325 e. The second-order valence-electron chi connectivity index (χ2n) is 5.27. The molecule has 1 atom stereocenters. The first-order chi connectivity index (χ1) is 10.6. The molecule has 118 valence electrons. The van der Waals surface area contributed by atoms with Crippen LogP contribution in [0.1, 0.15) is 12.0 Å². The Morgan fingerprint density at radius 2 is 2.05 bits per heavy atom. The van der Waals surface area contributed by atoms with Gasteiger partial charge in [0.15, 0.2) is 0 Å². The SMILES string of the molecule is COC(=O)CNC(=O)C1CC(=O)N(CCc2ccccc2)C1. The third-order valence-electron chi connectivity index (χ3n) is 3.73. The van der Waals surface area contributed by atoms with Crippen molar-refractivity contribution in [2.75, 3.05) is 26.7 Å². The minimum atomic E-state index is -0.501. The second-order valence-corrected chi connectivity index (χ2v) is 5.27. The van der Waals surface area contributed by atoms with Crippen molar-refractivity contribution in [3.05, 3.63) is 35.9 Å². The van der Waals surface area contributed by atoms with Crippen LogP contribution >= 0.6 is 0 Å². The molecule has 2 amide bonds. The van der Waals surface area contributed by atoms with Crippen molar-refractivity contribution in [1.29, 1.82) is 0 Å². The Bertz CT molecular complexity index is 544. The van der Waals surface area contributed by atoms with E-state index in [1.165, 1.54) is 7.11 Å². The van der Waals surface area contributed by atoms with E-state index in [9.17, 15) is 14.4 Å². The van der Waals surface area contributed by atoms with Crippen molar-refractivity contribution in [3.63, 3.8) is 0 Å². The molecule has 1 aliphatic heterocycles. The monoisotopic (exact) mass is 304 g/mol. The molecule has 1 saturated heterocycles. The van der Waals surface area contributed by atoms with Crippen LogP contribution in [0.25, 0.3) is 0 Å². The first-order valence-corrected chi connectivity index (χ1v) is 7.26. The molecule has 2 rings (SSSR count). The minimum Gasteiger partial charge on any atom is -0.468 e. The van der Waals surface area contributed by atoms with Gasteiger partial charge in [-0.1, -0.05) is 30.3 Å². The first kappa shape index (κ1) is 16.0. The second kappa shape index (κ2) is 7.59. The van der Waals surface area contributed by atoms with Crippen LogP contribution in [0, 0.1) is 5.92 Å². The highest BCUT2D eigenvalue weighted by Gasteiger charge is 2.33. The zero-order chi connectivity index (χ0) is 15.9. The Morgan fingerprint density at radius 1 is 1.32 bits per heavy atom. The molecule has 1 aromatic carbocycles. The van der Waals surface area contributed by atoms with Gasteiger partial charge in [-0.2, -0.15) is 0 Å². The number of amides is 2. The summed E-state index contributed by atoms with van der Waals surface area (Å²) in [6, 6.07) is 9.91. The first-order valence-electron chi connectivity index (χ1n) is 7.26. The lowest BCUT2D eigenvalue weighted by Crippen LogP contribution is -2.36. The molecule has 0 spiro atoms. The predicted molar refractivity (Wildman–Crippen MR) is 79.9 cm³/mol. The van der Waals surface area contributed by atoms with Crippen LogP contribution in [0.2, 0.25) is 0 Å². The van der Waals surface area contributed by atoms with Crippen molar-refractivity contribution in [1.82, 2.24) is 10.2 Å². The van der Waals surface area contributed by atoms with E-state index in [2.05, 4.69) is 10.1 Å². The average molecular weight is 304 g/mol. The molecule has 1 aromatic rings. The molecule has 22 heavy (non-hydrogen) atoms. The van der Waals surface area contributed by atoms with E-state index >= 15 is 0 Å². The van der Waals surface area contributed by atoms with Gasteiger partial charge >= 0.3 is 5.97 Å². The van der Waals surface area contributed by atoms with Crippen LogP contribution in [-0.4, -0.2) is 49.4 Å². The van der Waals surface area contributed by atoms with Gasteiger partial charge in [0.05, 0.1) is 13.0 Å². The highest BCUT2D eigenvalue weighted by atomic mass is 16.5. The fourth-order valence-corrected chi connectivity index (χ4v) is 2.45. The largest absolute Gasteiger partial charge is 0.468 e. The number of nitrogens with zero attached hydrogens (tertiary/aromatic N) is 1. The fourth-order valence-electron chi connectivity index (χ4n) is 2.45. The smallest absolute Gasteiger partial charge is 0.325 e. The number of nitrogens with one attached hydrogen (secondary N) is 1. The molecule has 0 aromatic heterocycles. The van der Waals surface area contributed by atoms with Gasteiger partial charge in [0, 0.05) is 19.5 Å². The number of rotatable bonds is 6. The van der Waals surface area contributed by atoms with Crippen LogP contribution in [0.3, 0.4) is 0 Å². The number of benzene rings is 1. The van der Waals surface area contributed by atoms with Gasteiger partial charge in [-0.05, 0) is 12.0 Å². The third-order valence-corrected chi connectivity index (χ3v) is 3.73. The molecular weight excluding hydrogens is 284 g/mol. The number of carbonyl (C=O) groups is 3. The Balaban J connectivity index is 1.80. The number of esters is 1. The summed E-state index contributed by atoms with van der Waals surface area (Å²) >= 11 is 0. The van der Waals surface area contributed by atoms with Gasteiger partial charge in [0.25, 0.3) is 0 Å². The van der Waals surface area contributed by atoms with Gasteiger partial charge in [0.2, 0.25) is 11.8 Å². The molecular formula is C16H20N2O4. The van der Waals surface area contributed by atoms with Crippen LogP contribution in [0.4, 0.5) is 0 Å². The quantitative estimate of drug-likeness (QED) is 0.770. The van der Waals surface area contributed by atoms with Crippen molar-refractivity contribution in [2.45, 2.75) is 12.8 Å². The topological polar surface area (TPSA) is 75.7 Å². The highest BCUT2D eigenvalue weighted by molar-refractivity contribution is 5.90. The van der Waals surface area contributed by atoms with E-state index in [1.54, 1.807) is 4.90 Å². The highest BCUT2D eigenvalue weighted by Crippen LogP contribution is 2.18. The van der Waals surface area contributed by atoms with E-state index in [-0.39, 0.29) is 24.8 Å². The standard InChI is InChI=1S/C16H20N2O4/c1-22-15(20)10-17-16(21)13-9-14(19)18(11-13)8-7-12-5-3-2-4-6-12/h2-6,13H,7-11H2,1H3,(H,17,21). The molecule has 0 aliphatic carbocycles. The zero-order valence-corrected chi connectivity index (χ0v) is 12.6. The van der Waals surface area contributed by atoms with E-state index in [0.29, 0.717) is 13.1 Å². The fraction of sp³-hybridized carbons (Fsp3) is 0.438. The molecule has 0 saturated carbocycles. The lowest BCUT2D eigenvalue weighted by molar-refractivity contribution is -0.141. The normalized spacial score (nSPS) is 17.4. The van der Waals surface area contributed by atoms with Gasteiger partial charge in [-0.3, -0.25) is 14.4 Å². The summed E-state index contributed by atoms with van der Waals surface area (Å²) < 4.78 is 4.46. The summed E-state index contributed by atoms with van der Waals surface area (Å²) in [5, 5.41) is 2.50. The Morgan fingerprint density at radius 3 is 2.73 bits per heavy atom. The van der Waals surface area contributed by atoms with Crippen LogP contribution in [0.5, 0.6) is 0 Å². The Kier molecular flexibility index (Phi) is 5.52. The lowest BCUT2D eigenvalue weighted by atomic mass is 10.1. The van der Waals surface area contributed by atoms with Gasteiger partial charge in [0.1, 0.15) is 6.54 Å². The van der Waals surface area contributed by atoms with Crippen molar-refractivity contribution < 1.29 is 19.1 Å². The summed E-state index contributed by atoms with van der Waals surface area (Å²) in [4.78, 5) is 36.6. The molecule has 6 heteroatoms. The molecule has 1 aliphatic rings. The maximum absolute atomic E-state index is 12.0. The number of carbonyl (C=O) groups excluding carboxylic acids is 3. The molecule has 1 fully saturated rings. The third kappa shape index (κ3) is 4.31. The zero-order valence-electron chi connectivity index (χ0n) is 12.6. The maximum atomic E-state index is 12.0. The molecule has 6 nitrogen and oxygen atoms in total. The predicted octanol–water partition coefficient (Wildman–Crippen LogP) is 0.367. The van der Waals surface area contributed by atoms with Crippen molar-refractivity contribution >= 4 is 17.8 Å². The van der Waals surface area contributed by atoms with Crippen LogP contribution in [-0.2, 0) is 25.5 Å². The number of likely N-dealkylation sites (tertiary alicyclic amines) is 1. The van der Waals surface area contributed by atoms with Crippen LogP contribution in [0.15, 0.2) is 30.3 Å². The summed E-state index contributed by atoms with van der Waals surface area (Å²) in [5.74, 6) is -1.19. The van der Waals surface area contributed by atoms with Gasteiger partial charge in [-0.25, -0.2) is 0 Å². The number of methoxy groups -OCH3 is 1. The van der Waals surface area contributed by atoms with E-state index in [0.717, 1.165) is 12.0 Å². The summed E-state index contributed by atoms with van der Waals surface area (Å²) in [6.07, 6.45) is 0.963. The molecule has 1 unspecified atom stereocenters. The summed E-state index contributed by atoms with van der Waals surface area (Å²) in [7, 11) is 1.26. The molecule has 0 radical (unpaired) electrons. The Hall–Kier alpha value is -2.37. The van der Waals surface area contributed by atoms with Crippen molar-refractivity contribution in [3.8, 4) is 0 Å². The summed E-state index contributed by atoms with van der Waals surface area (Å²) in [6.45, 7) is 0.840. The van der Waals surface area contributed by atoms with E-state index in [1.807, 2.05) is 30.3 Å². The van der Waals surface area contributed by atoms with Gasteiger partial charge < -0.3 is 15.0 Å². The lowest BCUT2D eigenvalue weighted by Gasteiger charge is -2.16. The van der Waals surface area contributed by atoms with Crippen molar-refractivity contribution in [2.24, 2.45) is 5.92 Å². The molecule has 1 N–H and O–H groups in total. The van der Waals surface area contributed by atoms with E-state index in [4.69, 9.17) is 0 Å².